The monoisotopic (exact) mass is 217 g/mol. The van der Waals surface area contributed by atoms with Crippen LogP contribution in [0.25, 0.3) is 0 Å². The van der Waals surface area contributed by atoms with Gasteiger partial charge in [0, 0.05) is 6.04 Å². The third kappa shape index (κ3) is 2.46. The van der Waals surface area contributed by atoms with Crippen LogP contribution in [-0.4, -0.2) is 0 Å². The third-order valence-electron chi connectivity index (χ3n) is 3.89. The van der Waals surface area contributed by atoms with Crippen molar-refractivity contribution in [2.45, 2.75) is 51.5 Å². The van der Waals surface area contributed by atoms with Crippen LogP contribution in [0.2, 0.25) is 0 Å². The highest BCUT2D eigenvalue weighted by atomic mass is 14.7. The summed E-state index contributed by atoms with van der Waals surface area (Å²) >= 11 is 0. The molecule has 2 atom stereocenters. The quantitative estimate of drug-likeness (QED) is 0.762. The molecule has 0 fully saturated rings. The van der Waals surface area contributed by atoms with Crippen LogP contribution in [0.5, 0.6) is 0 Å². The van der Waals surface area contributed by atoms with Crippen molar-refractivity contribution < 1.29 is 0 Å². The Balaban J connectivity index is 2.00. The van der Waals surface area contributed by atoms with Gasteiger partial charge in [-0.05, 0) is 36.3 Å². The zero-order valence-corrected chi connectivity index (χ0v) is 10.3. The van der Waals surface area contributed by atoms with Crippen molar-refractivity contribution in [3.05, 3.63) is 35.4 Å². The fourth-order valence-corrected chi connectivity index (χ4v) is 2.84. The van der Waals surface area contributed by atoms with E-state index in [-0.39, 0.29) is 6.04 Å². The number of nitrogens with two attached hydrogens (primary N) is 1. The van der Waals surface area contributed by atoms with E-state index in [1.165, 1.54) is 49.7 Å². The molecule has 0 spiro atoms. The van der Waals surface area contributed by atoms with Gasteiger partial charge < -0.3 is 5.73 Å². The van der Waals surface area contributed by atoms with Gasteiger partial charge in [-0.2, -0.15) is 0 Å². The molecule has 1 nitrogen and oxygen atoms in total. The molecule has 1 aliphatic rings. The molecule has 88 valence electrons. The van der Waals surface area contributed by atoms with Crippen molar-refractivity contribution in [1.29, 1.82) is 0 Å². The summed E-state index contributed by atoms with van der Waals surface area (Å²) < 4.78 is 0. The topological polar surface area (TPSA) is 26.0 Å². The standard InChI is InChI=1S/C15H23N/c1-2-3-4-8-13-11-10-12-7-5-6-9-14(12)15(13)16/h5-7,9,13,15H,2-4,8,10-11,16H2,1H3. The van der Waals surface area contributed by atoms with Crippen LogP contribution in [0.15, 0.2) is 24.3 Å². The minimum Gasteiger partial charge on any atom is -0.324 e. The maximum Gasteiger partial charge on any atom is 0.0326 e. The van der Waals surface area contributed by atoms with Gasteiger partial charge >= 0.3 is 0 Å². The first-order valence-corrected chi connectivity index (χ1v) is 6.66. The molecular weight excluding hydrogens is 194 g/mol. The molecule has 0 bridgehead atoms. The molecule has 2 unspecified atom stereocenters. The van der Waals surface area contributed by atoms with Gasteiger partial charge in [-0.25, -0.2) is 0 Å². The summed E-state index contributed by atoms with van der Waals surface area (Å²) in [6.07, 6.45) is 7.81. The summed E-state index contributed by atoms with van der Waals surface area (Å²) in [5.74, 6) is 0.710. The van der Waals surface area contributed by atoms with Crippen LogP contribution < -0.4 is 5.73 Å². The van der Waals surface area contributed by atoms with Crippen LogP contribution in [0, 0.1) is 5.92 Å². The van der Waals surface area contributed by atoms with E-state index in [1.54, 1.807) is 0 Å². The summed E-state index contributed by atoms with van der Waals surface area (Å²) in [4.78, 5) is 0. The highest BCUT2D eigenvalue weighted by molar-refractivity contribution is 5.32. The van der Waals surface area contributed by atoms with E-state index >= 15 is 0 Å². The van der Waals surface area contributed by atoms with Crippen molar-refractivity contribution in [2.75, 3.05) is 0 Å². The lowest BCUT2D eigenvalue weighted by atomic mass is 9.78. The molecule has 0 amide bonds. The van der Waals surface area contributed by atoms with Gasteiger partial charge in [0.15, 0.2) is 0 Å². The van der Waals surface area contributed by atoms with Gasteiger partial charge in [-0.1, -0.05) is 50.5 Å². The van der Waals surface area contributed by atoms with Gasteiger partial charge in [0.05, 0.1) is 0 Å². The van der Waals surface area contributed by atoms with E-state index in [9.17, 15) is 0 Å². The number of hydrogen-bond donors (Lipinski definition) is 1. The second kappa shape index (κ2) is 5.49. The number of benzene rings is 1. The first kappa shape index (κ1) is 11.7. The molecule has 0 heterocycles. The molecule has 2 N–H and O–H groups in total. The van der Waals surface area contributed by atoms with Gasteiger partial charge in [-0.15, -0.1) is 0 Å². The SMILES string of the molecule is CCCCCC1CCc2ccccc2C1N. The summed E-state index contributed by atoms with van der Waals surface area (Å²) in [6, 6.07) is 8.97. The van der Waals surface area contributed by atoms with Gasteiger partial charge in [0.1, 0.15) is 0 Å². The Morgan fingerprint density at radius 1 is 1.25 bits per heavy atom. The molecule has 16 heavy (non-hydrogen) atoms. The zero-order valence-electron chi connectivity index (χ0n) is 10.3. The van der Waals surface area contributed by atoms with Crippen molar-refractivity contribution in [3.8, 4) is 0 Å². The summed E-state index contributed by atoms with van der Waals surface area (Å²) in [5.41, 5.74) is 9.25. The average molecular weight is 217 g/mol. The minimum atomic E-state index is 0.279. The third-order valence-corrected chi connectivity index (χ3v) is 3.89. The van der Waals surface area contributed by atoms with Crippen LogP contribution in [0.1, 0.15) is 56.2 Å². The molecular formula is C15H23N. The molecule has 1 aliphatic carbocycles. The summed E-state index contributed by atoms with van der Waals surface area (Å²) in [5, 5.41) is 0. The fraction of sp³-hybridized carbons (Fsp3) is 0.600. The first-order valence-electron chi connectivity index (χ1n) is 6.66. The molecule has 0 radical (unpaired) electrons. The molecule has 2 rings (SSSR count). The van der Waals surface area contributed by atoms with Gasteiger partial charge in [0.25, 0.3) is 0 Å². The molecule has 0 aromatic heterocycles. The van der Waals surface area contributed by atoms with Crippen LogP contribution in [-0.2, 0) is 6.42 Å². The number of unbranched alkanes of at least 4 members (excludes halogenated alkanes) is 2. The predicted octanol–water partition coefficient (Wildman–Crippen LogP) is 3.83. The predicted molar refractivity (Wildman–Crippen MR) is 69.3 cm³/mol. The van der Waals surface area contributed by atoms with Gasteiger partial charge in [0.2, 0.25) is 0 Å². The second-order valence-electron chi connectivity index (χ2n) is 5.02. The molecule has 0 saturated carbocycles. The normalized spacial score (nSPS) is 24.1. The van der Waals surface area contributed by atoms with E-state index in [1.807, 2.05) is 0 Å². The smallest absolute Gasteiger partial charge is 0.0326 e. The lowest BCUT2D eigenvalue weighted by molar-refractivity contribution is 0.343. The minimum absolute atomic E-state index is 0.279. The largest absolute Gasteiger partial charge is 0.324 e. The molecule has 1 heteroatoms. The zero-order chi connectivity index (χ0) is 11.4. The number of fused-ring (bicyclic) bond motifs is 1. The lowest BCUT2D eigenvalue weighted by Gasteiger charge is -2.31. The number of rotatable bonds is 4. The van der Waals surface area contributed by atoms with Crippen molar-refractivity contribution in [1.82, 2.24) is 0 Å². The molecule has 1 aromatic rings. The summed E-state index contributed by atoms with van der Waals surface area (Å²) in [6.45, 7) is 2.26. The Morgan fingerprint density at radius 2 is 2.06 bits per heavy atom. The van der Waals surface area contributed by atoms with Crippen molar-refractivity contribution in [3.63, 3.8) is 0 Å². The average Bonchev–Trinajstić information content (AvgIpc) is 2.33. The molecule has 0 aliphatic heterocycles. The summed E-state index contributed by atoms with van der Waals surface area (Å²) in [7, 11) is 0. The van der Waals surface area contributed by atoms with Crippen LogP contribution >= 0.6 is 0 Å². The van der Waals surface area contributed by atoms with Crippen LogP contribution in [0.3, 0.4) is 0 Å². The Labute approximate surface area is 99.0 Å². The van der Waals surface area contributed by atoms with Crippen molar-refractivity contribution in [2.24, 2.45) is 11.7 Å². The first-order chi connectivity index (χ1) is 7.83. The molecule has 1 aromatic carbocycles. The number of hydrogen-bond acceptors (Lipinski definition) is 1. The van der Waals surface area contributed by atoms with E-state index < -0.39 is 0 Å². The Hall–Kier alpha value is -0.820. The van der Waals surface area contributed by atoms with Gasteiger partial charge in [-0.3, -0.25) is 0 Å². The Bertz CT molecular complexity index is 332. The van der Waals surface area contributed by atoms with Crippen molar-refractivity contribution >= 4 is 0 Å². The highest BCUT2D eigenvalue weighted by Crippen LogP contribution is 2.35. The van der Waals surface area contributed by atoms with E-state index in [2.05, 4.69) is 31.2 Å². The number of aryl methyl sites for hydroxylation is 1. The van der Waals surface area contributed by atoms with E-state index in [0.717, 1.165) is 0 Å². The fourth-order valence-electron chi connectivity index (χ4n) is 2.84. The van der Waals surface area contributed by atoms with E-state index in [4.69, 9.17) is 5.73 Å². The second-order valence-corrected chi connectivity index (χ2v) is 5.02. The maximum atomic E-state index is 6.37. The maximum absolute atomic E-state index is 6.37. The lowest BCUT2D eigenvalue weighted by Crippen LogP contribution is -2.27. The Kier molecular flexibility index (Phi) is 4.00. The van der Waals surface area contributed by atoms with E-state index in [0.29, 0.717) is 5.92 Å². The van der Waals surface area contributed by atoms with Crippen LogP contribution in [0.4, 0.5) is 0 Å². The molecule has 0 saturated heterocycles. The highest BCUT2D eigenvalue weighted by Gasteiger charge is 2.25. The Morgan fingerprint density at radius 3 is 2.88 bits per heavy atom.